The Bertz CT molecular complexity index is 1470. The molecule has 3 aromatic rings. The molecule has 1 aliphatic carbocycles. The number of hydrogen-bond acceptors (Lipinski definition) is 11. The standard InChI is InChI=1S/C23H21ClFN5O9/c24-21-28-16(26)12-17(29-21)30(8-27-12)18-13(25)23(37)14(38-18)15(23)39-22(19(33)34,20(35)36)7-10-3-1-9(2-4-10)5-6-11(31)32/h1-6,8,11,13-15,18,31-32,37H,7H2,(H,33,34)(H,35,36)(H2,26,28,29)/b6-5+/t13-,14-,15?,18-,23+/m1/s1. The summed E-state index contributed by atoms with van der Waals surface area (Å²) in [7, 11) is 0. The lowest BCUT2D eigenvalue weighted by Gasteiger charge is -2.28. The molecule has 39 heavy (non-hydrogen) atoms. The molecule has 2 fully saturated rings. The fraction of sp³-hybridized carbons (Fsp3) is 0.348. The maximum Gasteiger partial charge on any atom is 0.348 e. The maximum absolute atomic E-state index is 15.6. The van der Waals surface area contributed by atoms with E-state index in [2.05, 4.69) is 15.0 Å². The number of hydrogen-bond donors (Lipinski definition) is 6. The molecule has 14 nitrogen and oxygen atoms in total. The zero-order valence-corrected chi connectivity index (χ0v) is 20.4. The molecule has 2 aliphatic rings. The van der Waals surface area contributed by atoms with Gasteiger partial charge in [0.2, 0.25) is 5.28 Å². The van der Waals surface area contributed by atoms with Gasteiger partial charge in [0, 0.05) is 6.42 Å². The summed E-state index contributed by atoms with van der Waals surface area (Å²) in [6.45, 7) is 0. The van der Waals surface area contributed by atoms with Crippen LogP contribution in [0.5, 0.6) is 0 Å². The van der Waals surface area contributed by atoms with Crippen molar-refractivity contribution < 1.29 is 49.0 Å². The van der Waals surface area contributed by atoms with Gasteiger partial charge < -0.3 is 40.7 Å². The Morgan fingerprint density at radius 3 is 2.49 bits per heavy atom. The second-order valence-electron chi connectivity index (χ2n) is 9.11. The van der Waals surface area contributed by atoms with E-state index in [4.69, 9.17) is 37.0 Å². The number of nitrogen functional groups attached to an aromatic ring is 1. The van der Waals surface area contributed by atoms with E-state index in [1.165, 1.54) is 30.3 Å². The first kappa shape index (κ1) is 26.9. The summed E-state index contributed by atoms with van der Waals surface area (Å²) in [6.07, 6.45) is -5.41. The van der Waals surface area contributed by atoms with E-state index in [1.54, 1.807) is 0 Å². The highest BCUT2D eigenvalue weighted by Gasteiger charge is 2.80. The van der Waals surface area contributed by atoms with E-state index < -0.39 is 60.5 Å². The van der Waals surface area contributed by atoms with E-state index in [1.807, 2.05) is 0 Å². The number of carbonyl (C=O) groups is 2. The van der Waals surface area contributed by atoms with Gasteiger partial charge >= 0.3 is 11.9 Å². The Kier molecular flexibility index (Phi) is 6.53. The molecule has 7 N–H and O–H groups in total. The summed E-state index contributed by atoms with van der Waals surface area (Å²) in [5.41, 5.74) is 1.40. The molecule has 1 saturated heterocycles. The fourth-order valence-corrected chi connectivity index (χ4v) is 4.74. The minimum absolute atomic E-state index is 0.0275. The first-order valence-corrected chi connectivity index (χ1v) is 11.7. The molecule has 206 valence electrons. The largest absolute Gasteiger partial charge is 0.479 e. The number of aromatic nitrogens is 4. The third-order valence-electron chi connectivity index (χ3n) is 6.66. The predicted octanol–water partition coefficient (Wildman–Crippen LogP) is -0.0981. The minimum atomic E-state index is -2.89. The number of fused-ring (bicyclic) bond motifs is 2. The quantitative estimate of drug-likeness (QED) is 0.113. The number of aliphatic hydroxyl groups is 3. The lowest BCUT2D eigenvalue weighted by molar-refractivity contribution is -0.194. The van der Waals surface area contributed by atoms with E-state index in [0.29, 0.717) is 5.56 Å². The van der Waals surface area contributed by atoms with Crippen molar-refractivity contribution in [2.24, 2.45) is 0 Å². The van der Waals surface area contributed by atoms with E-state index in [0.717, 1.165) is 17.0 Å². The molecule has 0 bridgehead atoms. The average molecular weight is 566 g/mol. The molecule has 3 heterocycles. The van der Waals surface area contributed by atoms with Crippen LogP contribution in [0, 0.1) is 0 Å². The number of halogens is 2. The Morgan fingerprint density at radius 2 is 1.92 bits per heavy atom. The second kappa shape index (κ2) is 9.48. The van der Waals surface area contributed by atoms with E-state index in [9.17, 15) is 24.9 Å². The second-order valence-corrected chi connectivity index (χ2v) is 9.44. The van der Waals surface area contributed by atoms with Gasteiger partial charge in [-0.05, 0) is 28.8 Å². The fourth-order valence-electron chi connectivity index (χ4n) is 4.57. The molecular formula is C23H21ClFN5O9. The molecule has 1 aliphatic heterocycles. The van der Waals surface area contributed by atoms with Gasteiger partial charge in [-0.3, -0.25) is 4.57 Å². The summed E-state index contributed by atoms with van der Waals surface area (Å²) in [4.78, 5) is 36.1. The lowest BCUT2D eigenvalue weighted by atomic mass is 9.93. The molecule has 5 atom stereocenters. The van der Waals surface area contributed by atoms with Gasteiger partial charge in [-0.25, -0.2) is 19.0 Å². The number of alkyl halides is 1. The number of anilines is 1. The van der Waals surface area contributed by atoms with Crippen molar-refractivity contribution in [3.8, 4) is 0 Å². The summed E-state index contributed by atoms with van der Waals surface area (Å²) >= 11 is 5.84. The topological polar surface area (TPSA) is 223 Å². The van der Waals surface area contributed by atoms with Crippen LogP contribution >= 0.6 is 11.6 Å². The molecule has 0 radical (unpaired) electrons. The van der Waals surface area contributed by atoms with Gasteiger partial charge in [-0.2, -0.15) is 9.97 Å². The molecular weight excluding hydrogens is 545 g/mol. The van der Waals surface area contributed by atoms with Crippen molar-refractivity contribution in [1.29, 1.82) is 0 Å². The molecule has 5 rings (SSSR count). The van der Waals surface area contributed by atoms with Crippen LogP contribution in [0.1, 0.15) is 17.4 Å². The number of carboxylic acids is 2. The third-order valence-corrected chi connectivity index (χ3v) is 6.83. The predicted molar refractivity (Wildman–Crippen MR) is 129 cm³/mol. The van der Waals surface area contributed by atoms with E-state index >= 15 is 4.39 Å². The minimum Gasteiger partial charge on any atom is -0.479 e. The summed E-state index contributed by atoms with van der Waals surface area (Å²) < 4.78 is 27.8. The molecule has 1 unspecified atom stereocenters. The van der Waals surface area contributed by atoms with Crippen molar-refractivity contribution in [2.45, 2.75) is 48.5 Å². The maximum atomic E-state index is 15.6. The van der Waals surface area contributed by atoms with Crippen LogP contribution in [0.4, 0.5) is 10.2 Å². The van der Waals surface area contributed by atoms with Crippen molar-refractivity contribution in [2.75, 3.05) is 5.73 Å². The van der Waals surface area contributed by atoms with Crippen molar-refractivity contribution >= 4 is 46.6 Å². The van der Waals surface area contributed by atoms with Gasteiger partial charge in [0.15, 0.2) is 35.8 Å². The number of rotatable bonds is 9. The van der Waals surface area contributed by atoms with Gasteiger partial charge in [-0.1, -0.05) is 30.3 Å². The Morgan fingerprint density at radius 1 is 1.26 bits per heavy atom. The SMILES string of the molecule is Nc1nc(Cl)nc2c1ncn2[C@@H]1O[C@@H]2C(OC(Cc3ccc(/C=C/C(O)O)cc3)(C(=O)O)C(=O)O)[C@]2(O)[C@@H]1F. The normalized spacial score (nSPS) is 26.4. The summed E-state index contributed by atoms with van der Waals surface area (Å²) in [5, 5.41) is 48.4. The van der Waals surface area contributed by atoms with Gasteiger partial charge in [0.25, 0.3) is 5.60 Å². The molecule has 0 spiro atoms. The van der Waals surface area contributed by atoms with Crippen molar-refractivity contribution in [3.05, 3.63) is 53.1 Å². The number of carboxylic acid groups (broad SMARTS) is 2. The Hall–Kier alpha value is -3.73. The lowest BCUT2D eigenvalue weighted by Crippen LogP contribution is -2.53. The van der Waals surface area contributed by atoms with Crippen LogP contribution in [0.3, 0.4) is 0 Å². The van der Waals surface area contributed by atoms with Gasteiger partial charge in [0.05, 0.1) is 6.33 Å². The number of nitrogens with zero attached hydrogens (tertiary/aromatic N) is 4. The monoisotopic (exact) mass is 565 g/mol. The zero-order chi connectivity index (χ0) is 28.3. The van der Waals surface area contributed by atoms with Crippen LogP contribution in [-0.2, 0) is 25.5 Å². The van der Waals surface area contributed by atoms with Crippen LogP contribution in [0.15, 0.2) is 36.7 Å². The molecule has 2 aromatic heterocycles. The number of imidazole rings is 1. The first-order chi connectivity index (χ1) is 18.4. The average Bonchev–Trinajstić information content (AvgIpc) is 3.12. The highest BCUT2D eigenvalue weighted by molar-refractivity contribution is 6.28. The third kappa shape index (κ3) is 4.38. The van der Waals surface area contributed by atoms with E-state index in [-0.39, 0.29) is 27.8 Å². The van der Waals surface area contributed by atoms with Crippen LogP contribution in [0.2, 0.25) is 5.28 Å². The number of benzene rings is 1. The number of aliphatic hydroxyl groups excluding tert-OH is 1. The number of aliphatic carboxylic acids is 2. The van der Waals surface area contributed by atoms with Crippen molar-refractivity contribution in [1.82, 2.24) is 19.5 Å². The zero-order valence-electron chi connectivity index (χ0n) is 19.6. The van der Waals surface area contributed by atoms with Gasteiger partial charge in [0.1, 0.15) is 17.7 Å². The number of nitrogens with two attached hydrogens (primary N) is 1. The van der Waals surface area contributed by atoms with Crippen LogP contribution < -0.4 is 5.73 Å². The Balaban J connectivity index is 1.37. The number of ether oxygens (including phenoxy) is 2. The van der Waals surface area contributed by atoms with Crippen LogP contribution in [0.25, 0.3) is 17.2 Å². The molecule has 16 heteroatoms. The Labute approximate surface area is 222 Å². The van der Waals surface area contributed by atoms with Crippen LogP contribution in [-0.4, -0.2) is 92.9 Å². The first-order valence-electron chi connectivity index (χ1n) is 11.3. The summed E-state index contributed by atoms with van der Waals surface area (Å²) in [6, 6.07) is 5.82. The summed E-state index contributed by atoms with van der Waals surface area (Å²) in [5.74, 6) is -3.80. The molecule has 1 saturated carbocycles. The smallest absolute Gasteiger partial charge is 0.348 e. The molecule has 1 aromatic carbocycles. The highest BCUT2D eigenvalue weighted by Crippen LogP contribution is 2.58. The van der Waals surface area contributed by atoms with Crippen molar-refractivity contribution in [3.63, 3.8) is 0 Å². The van der Waals surface area contributed by atoms with Gasteiger partial charge in [-0.15, -0.1) is 0 Å². The molecule has 0 amide bonds. The highest BCUT2D eigenvalue weighted by atomic mass is 35.5.